The summed E-state index contributed by atoms with van der Waals surface area (Å²) < 4.78 is 36.4. The van der Waals surface area contributed by atoms with Gasteiger partial charge in [0.15, 0.2) is 0 Å². The predicted molar refractivity (Wildman–Crippen MR) is 119 cm³/mol. The Labute approximate surface area is 179 Å². The summed E-state index contributed by atoms with van der Waals surface area (Å²) >= 11 is 0. The Morgan fingerprint density at radius 3 is 2.30 bits per heavy atom. The summed E-state index contributed by atoms with van der Waals surface area (Å²) in [5.74, 6) is 1.31. The molecule has 0 saturated carbocycles. The van der Waals surface area contributed by atoms with Crippen LogP contribution in [0.5, 0.6) is 11.5 Å². The Balaban J connectivity index is 1.76. The molecule has 0 aliphatic heterocycles. The second kappa shape index (κ2) is 10.9. The number of carbonyl (C=O) groups is 1. The zero-order chi connectivity index (χ0) is 22.1. The van der Waals surface area contributed by atoms with Crippen molar-refractivity contribution in [3.8, 4) is 11.5 Å². The van der Waals surface area contributed by atoms with Gasteiger partial charge in [0.05, 0.1) is 25.6 Å². The fraction of sp³-hybridized carbons (Fsp3) is 0.409. The zero-order valence-corrected chi connectivity index (χ0v) is 18.8. The van der Waals surface area contributed by atoms with Gasteiger partial charge in [0.25, 0.3) is 0 Å². The molecule has 0 radical (unpaired) electrons. The number of aryl methyl sites for hydroxylation is 2. The highest BCUT2D eigenvalue weighted by Crippen LogP contribution is 2.22. The molecule has 0 spiro atoms. The van der Waals surface area contributed by atoms with Crippen LogP contribution in [0.25, 0.3) is 0 Å². The molecule has 1 amide bonds. The number of amides is 1. The average Bonchev–Trinajstić information content (AvgIpc) is 2.70. The van der Waals surface area contributed by atoms with Crippen LogP contribution >= 0.6 is 0 Å². The number of hydrogen-bond acceptors (Lipinski definition) is 5. The minimum atomic E-state index is -3.43. The number of sulfonamides is 1. The van der Waals surface area contributed by atoms with Gasteiger partial charge in [-0.05, 0) is 67.8 Å². The molecular formula is C22H30N2O5S. The molecule has 0 fully saturated rings. The maximum Gasteiger partial charge on any atom is 0.232 e. The molecule has 0 unspecified atom stereocenters. The van der Waals surface area contributed by atoms with Gasteiger partial charge in [-0.15, -0.1) is 0 Å². The van der Waals surface area contributed by atoms with Crippen LogP contribution in [0, 0.1) is 13.8 Å². The van der Waals surface area contributed by atoms with E-state index in [0.29, 0.717) is 31.0 Å². The van der Waals surface area contributed by atoms with E-state index >= 15 is 0 Å². The van der Waals surface area contributed by atoms with Gasteiger partial charge in [-0.1, -0.05) is 6.07 Å². The van der Waals surface area contributed by atoms with E-state index in [1.54, 1.807) is 37.4 Å². The maximum atomic E-state index is 12.2. The summed E-state index contributed by atoms with van der Waals surface area (Å²) in [5, 5.41) is 2.79. The first-order valence-electron chi connectivity index (χ1n) is 9.79. The van der Waals surface area contributed by atoms with Crippen LogP contribution in [-0.4, -0.2) is 47.4 Å². The summed E-state index contributed by atoms with van der Waals surface area (Å²) in [6.45, 7) is 4.89. The van der Waals surface area contributed by atoms with Crippen LogP contribution in [0.4, 0.5) is 5.69 Å². The van der Waals surface area contributed by atoms with Crippen molar-refractivity contribution in [1.82, 2.24) is 5.32 Å². The van der Waals surface area contributed by atoms with E-state index < -0.39 is 10.0 Å². The SMILES string of the molecule is COc1ccc(OCCNC(=O)CCCN(c2ccc(C)c(C)c2)S(C)(=O)=O)cc1. The molecule has 2 rings (SSSR count). The minimum Gasteiger partial charge on any atom is -0.497 e. The van der Waals surface area contributed by atoms with E-state index in [0.717, 1.165) is 16.9 Å². The lowest BCUT2D eigenvalue weighted by molar-refractivity contribution is -0.121. The second-order valence-electron chi connectivity index (χ2n) is 7.08. The molecule has 0 heterocycles. The van der Waals surface area contributed by atoms with E-state index in [1.807, 2.05) is 26.0 Å². The van der Waals surface area contributed by atoms with Crippen molar-refractivity contribution in [2.75, 3.05) is 37.4 Å². The van der Waals surface area contributed by atoms with Crippen molar-refractivity contribution >= 4 is 21.6 Å². The third kappa shape index (κ3) is 7.26. The van der Waals surface area contributed by atoms with Crippen LogP contribution in [-0.2, 0) is 14.8 Å². The molecule has 0 saturated heterocycles. The number of rotatable bonds is 11. The maximum absolute atomic E-state index is 12.2. The molecule has 0 aromatic heterocycles. The molecule has 1 N–H and O–H groups in total. The molecule has 2 aromatic carbocycles. The first-order valence-corrected chi connectivity index (χ1v) is 11.6. The fourth-order valence-corrected chi connectivity index (χ4v) is 3.83. The van der Waals surface area contributed by atoms with Gasteiger partial charge in [-0.3, -0.25) is 9.10 Å². The Morgan fingerprint density at radius 2 is 1.70 bits per heavy atom. The van der Waals surface area contributed by atoms with Gasteiger partial charge in [-0.2, -0.15) is 0 Å². The summed E-state index contributed by atoms with van der Waals surface area (Å²) in [5.41, 5.74) is 2.74. The highest BCUT2D eigenvalue weighted by atomic mass is 32.2. The number of carbonyl (C=O) groups excluding carboxylic acids is 1. The molecule has 30 heavy (non-hydrogen) atoms. The third-order valence-electron chi connectivity index (χ3n) is 4.70. The summed E-state index contributed by atoms with van der Waals surface area (Å²) in [6.07, 6.45) is 1.84. The first-order chi connectivity index (χ1) is 14.2. The number of benzene rings is 2. The Hall–Kier alpha value is -2.74. The lowest BCUT2D eigenvalue weighted by Crippen LogP contribution is -2.33. The van der Waals surface area contributed by atoms with Crippen molar-refractivity contribution < 1.29 is 22.7 Å². The van der Waals surface area contributed by atoms with Crippen molar-refractivity contribution in [2.45, 2.75) is 26.7 Å². The van der Waals surface area contributed by atoms with E-state index in [1.165, 1.54) is 10.6 Å². The molecule has 7 nitrogen and oxygen atoms in total. The van der Waals surface area contributed by atoms with Crippen LogP contribution in [0.2, 0.25) is 0 Å². The van der Waals surface area contributed by atoms with Gasteiger partial charge < -0.3 is 14.8 Å². The Kier molecular flexibility index (Phi) is 8.53. The first kappa shape index (κ1) is 23.5. The number of hydrogen-bond donors (Lipinski definition) is 1. The van der Waals surface area contributed by atoms with Crippen molar-refractivity contribution in [1.29, 1.82) is 0 Å². The van der Waals surface area contributed by atoms with E-state index in [-0.39, 0.29) is 18.9 Å². The predicted octanol–water partition coefficient (Wildman–Crippen LogP) is 3.05. The fourth-order valence-electron chi connectivity index (χ4n) is 2.87. The summed E-state index contributed by atoms with van der Waals surface area (Å²) in [6, 6.07) is 12.7. The number of nitrogens with one attached hydrogen (secondary N) is 1. The van der Waals surface area contributed by atoms with Crippen molar-refractivity contribution in [3.63, 3.8) is 0 Å². The smallest absolute Gasteiger partial charge is 0.232 e. The van der Waals surface area contributed by atoms with E-state index in [4.69, 9.17) is 9.47 Å². The topological polar surface area (TPSA) is 84.9 Å². The second-order valence-corrected chi connectivity index (χ2v) is 8.99. The Morgan fingerprint density at radius 1 is 1.03 bits per heavy atom. The zero-order valence-electron chi connectivity index (χ0n) is 18.0. The molecular weight excluding hydrogens is 404 g/mol. The number of methoxy groups -OCH3 is 1. The highest BCUT2D eigenvalue weighted by Gasteiger charge is 2.18. The average molecular weight is 435 g/mol. The van der Waals surface area contributed by atoms with E-state index in [2.05, 4.69) is 5.32 Å². The standard InChI is InChI=1S/C22H30N2O5S/c1-17-7-8-19(16-18(17)2)24(30(4,26)27)14-5-6-22(25)23-13-15-29-21-11-9-20(28-3)10-12-21/h7-12,16H,5-6,13-15H2,1-4H3,(H,23,25). The normalized spacial score (nSPS) is 11.1. The lowest BCUT2D eigenvalue weighted by atomic mass is 10.1. The van der Waals surface area contributed by atoms with Crippen LogP contribution in [0.1, 0.15) is 24.0 Å². The van der Waals surface area contributed by atoms with Gasteiger partial charge >= 0.3 is 0 Å². The van der Waals surface area contributed by atoms with Gasteiger partial charge in [0.2, 0.25) is 15.9 Å². The molecule has 0 aliphatic rings. The Bertz CT molecular complexity index is 943. The quantitative estimate of drug-likeness (QED) is 0.550. The molecule has 2 aromatic rings. The molecule has 0 aliphatic carbocycles. The summed E-state index contributed by atoms with van der Waals surface area (Å²) in [7, 11) is -1.83. The van der Waals surface area contributed by atoms with Crippen LogP contribution in [0.3, 0.4) is 0 Å². The number of ether oxygens (including phenoxy) is 2. The van der Waals surface area contributed by atoms with Gasteiger partial charge in [-0.25, -0.2) is 8.42 Å². The lowest BCUT2D eigenvalue weighted by Gasteiger charge is -2.23. The summed E-state index contributed by atoms with van der Waals surface area (Å²) in [4.78, 5) is 12.1. The monoisotopic (exact) mass is 434 g/mol. The molecule has 164 valence electrons. The largest absolute Gasteiger partial charge is 0.497 e. The third-order valence-corrected chi connectivity index (χ3v) is 5.89. The number of nitrogens with zero attached hydrogens (tertiary/aromatic N) is 1. The van der Waals surface area contributed by atoms with Crippen LogP contribution < -0.4 is 19.1 Å². The van der Waals surface area contributed by atoms with Gasteiger partial charge in [0.1, 0.15) is 18.1 Å². The highest BCUT2D eigenvalue weighted by molar-refractivity contribution is 7.92. The minimum absolute atomic E-state index is 0.137. The van der Waals surface area contributed by atoms with Crippen molar-refractivity contribution in [2.24, 2.45) is 0 Å². The van der Waals surface area contributed by atoms with Crippen LogP contribution in [0.15, 0.2) is 42.5 Å². The van der Waals surface area contributed by atoms with Crippen molar-refractivity contribution in [3.05, 3.63) is 53.6 Å². The van der Waals surface area contributed by atoms with Gasteiger partial charge in [0, 0.05) is 13.0 Å². The van der Waals surface area contributed by atoms with E-state index in [9.17, 15) is 13.2 Å². The molecule has 8 heteroatoms. The molecule has 0 bridgehead atoms. The number of anilines is 1. The molecule has 0 atom stereocenters.